The molecule has 0 aromatic carbocycles. The highest BCUT2D eigenvalue weighted by molar-refractivity contribution is 7.90. The number of sulfone groups is 1. The summed E-state index contributed by atoms with van der Waals surface area (Å²) < 4.78 is 27.5. The molecule has 0 saturated carbocycles. The molecule has 0 aliphatic rings. The number of fused-ring (bicyclic) bond motifs is 1. The molecule has 2 heterocycles. The number of pyridine rings is 1. The van der Waals surface area contributed by atoms with Crippen molar-refractivity contribution < 1.29 is 12.8 Å². The number of nitrogens with zero attached hydrogens (tertiary/aromatic N) is 1. The first kappa shape index (κ1) is 9.01. The number of nitrogens with two attached hydrogens (primary N) is 1. The van der Waals surface area contributed by atoms with Crippen LogP contribution in [0.5, 0.6) is 0 Å². The summed E-state index contributed by atoms with van der Waals surface area (Å²) in [5.41, 5.74) is 5.97. The smallest absolute Gasteiger partial charge is 0.243 e. The molecule has 2 aromatic rings. The second kappa shape index (κ2) is 2.71. The van der Waals surface area contributed by atoms with Crippen LogP contribution in [0.3, 0.4) is 0 Å². The molecule has 0 spiro atoms. The minimum atomic E-state index is -3.43. The van der Waals surface area contributed by atoms with Crippen molar-refractivity contribution in [1.82, 2.24) is 4.98 Å². The van der Waals surface area contributed by atoms with Crippen molar-refractivity contribution in [3.63, 3.8) is 0 Å². The summed E-state index contributed by atoms with van der Waals surface area (Å²) >= 11 is 0. The Hall–Kier alpha value is -1.56. The van der Waals surface area contributed by atoms with Crippen LogP contribution in [0.4, 0.5) is 5.69 Å². The first-order valence-corrected chi connectivity index (χ1v) is 5.72. The number of anilines is 1. The van der Waals surface area contributed by atoms with E-state index in [1.807, 2.05) is 0 Å². The lowest BCUT2D eigenvalue weighted by Crippen LogP contribution is -1.98. The lowest BCUT2D eigenvalue weighted by molar-refractivity contribution is 0.480. The summed E-state index contributed by atoms with van der Waals surface area (Å²) in [5, 5.41) is 0.305. The molecule has 0 bridgehead atoms. The van der Waals surface area contributed by atoms with Crippen LogP contribution in [-0.4, -0.2) is 19.7 Å². The van der Waals surface area contributed by atoms with Crippen LogP contribution in [0.15, 0.2) is 27.8 Å². The number of furan rings is 1. The fourth-order valence-electron chi connectivity index (χ4n) is 1.21. The summed E-state index contributed by atoms with van der Waals surface area (Å²) in [5.74, 6) is 0. The quantitative estimate of drug-likeness (QED) is 0.756. The van der Waals surface area contributed by atoms with Crippen LogP contribution in [0, 0.1) is 0 Å². The normalized spacial score (nSPS) is 12.1. The van der Waals surface area contributed by atoms with E-state index >= 15 is 0 Å². The third kappa shape index (κ3) is 1.24. The van der Waals surface area contributed by atoms with E-state index in [-0.39, 0.29) is 16.5 Å². The van der Waals surface area contributed by atoms with Gasteiger partial charge in [0.1, 0.15) is 0 Å². The SMILES string of the molecule is CS(=O)(=O)c1oc2ncccc2c1N. The Kier molecular flexibility index (Phi) is 1.75. The molecule has 0 radical (unpaired) electrons. The van der Waals surface area contributed by atoms with Crippen molar-refractivity contribution in [3.8, 4) is 0 Å². The topological polar surface area (TPSA) is 86.2 Å². The minimum Gasteiger partial charge on any atom is -0.424 e. The monoisotopic (exact) mass is 212 g/mol. The average molecular weight is 212 g/mol. The lowest BCUT2D eigenvalue weighted by atomic mass is 10.3. The van der Waals surface area contributed by atoms with E-state index in [1.54, 1.807) is 12.1 Å². The Bertz CT molecular complexity index is 586. The van der Waals surface area contributed by atoms with Crippen molar-refractivity contribution in [2.24, 2.45) is 0 Å². The summed E-state index contributed by atoms with van der Waals surface area (Å²) in [6.45, 7) is 0. The maximum atomic E-state index is 11.2. The van der Waals surface area contributed by atoms with Crippen LogP contribution < -0.4 is 5.73 Å². The van der Waals surface area contributed by atoms with Crippen LogP contribution in [0.25, 0.3) is 11.1 Å². The number of nitrogen functional groups attached to an aromatic ring is 1. The Morgan fingerprint density at radius 3 is 2.79 bits per heavy atom. The molecular formula is C8H8N2O3S. The van der Waals surface area contributed by atoms with Crippen molar-refractivity contribution in [1.29, 1.82) is 0 Å². The molecular weight excluding hydrogens is 204 g/mol. The third-order valence-corrected chi connectivity index (χ3v) is 2.78. The largest absolute Gasteiger partial charge is 0.424 e. The molecule has 74 valence electrons. The van der Waals surface area contributed by atoms with E-state index in [1.165, 1.54) is 6.20 Å². The van der Waals surface area contributed by atoms with Gasteiger partial charge < -0.3 is 10.2 Å². The summed E-state index contributed by atoms with van der Waals surface area (Å²) in [7, 11) is -3.43. The van der Waals surface area contributed by atoms with Gasteiger partial charge in [-0.1, -0.05) is 0 Å². The molecule has 0 unspecified atom stereocenters. The summed E-state index contributed by atoms with van der Waals surface area (Å²) in [4.78, 5) is 3.87. The molecule has 0 aliphatic heterocycles. The molecule has 2 rings (SSSR count). The third-order valence-electron chi connectivity index (χ3n) is 1.81. The van der Waals surface area contributed by atoms with Gasteiger partial charge in [0, 0.05) is 12.5 Å². The van der Waals surface area contributed by atoms with Gasteiger partial charge in [-0.25, -0.2) is 13.4 Å². The molecule has 0 amide bonds. The second-order valence-corrected chi connectivity index (χ2v) is 4.85. The minimum absolute atomic E-state index is 0.121. The fraction of sp³-hybridized carbons (Fsp3) is 0.125. The van der Waals surface area contributed by atoms with Crippen LogP contribution >= 0.6 is 0 Å². The highest BCUT2D eigenvalue weighted by Crippen LogP contribution is 2.29. The number of rotatable bonds is 1. The van der Waals surface area contributed by atoms with E-state index in [2.05, 4.69) is 4.98 Å². The van der Waals surface area contributed by atoms with Crippen molar-refractivity contribution in [2.75, 3.05) is 12.0 Å². The van der Waals surface area contributed by atoms with Gasteiger partial charge in [-0.05, 0) is 12.1 Å². The molecule has 5 nitrogen and oxygen atoms in total. The van der Waals surface area contributed by atoms with E-state index < -0.39 is 9.84 Å². The molecule has 0 aliphatic carbocycles. The van der Waals surface area contributed by atoms with E-state index in [9.17, 15) is 8.42 Å². The van der Waals surface area contributed by atoms with Gasteiger partial charge in [0.15, 0.2) is 0 Å². The van der Waals surface area contributed by atoms with Gasteiger partial charge in [-0.2, -0.15) is 0 Å². The zero-order valence-corrected chi connectivity index (χ0v) is 8.21. The maximum absolute atomic E-state index is 11.2. The number of hydrogen-bond acceptors (Lipinski definition) is 5. The second-order valence-electron chi connectivity index (χ2n) is 2.93. The molecule has 2 N–H and O–H groups in total. The Morgan fingerprint density at radius 1 is 1.50 bits per heavy atom. The highest BCUT2D eigenvalue weighted by Gasteiger charge is 2.20. The highest BCUT2D eigenvalue weighted by atomic mass is 32.2. The standard InChI is InChI=1S/C8H8N2O3S/c1-14(11,12)8-6(9)5-3-2-4-10-7(5)13-8/h2-4H,9H2,1H3. The molecule has 6 heteroatoms. The average Bonchev–Trinajstić information content (AvgIpc) is 2.44. The fourth-order valence-corrected chi connectivity index (χ4v) is 1.95. The first-order valence-electron chi connectivity index (χ1n) is 3.83. The molecule has 14 heavy (non-hydrogen) atoms. The molecule has 0 fully saturated rings. The van der Waals surface area contributed by atoms with Gasteiger partial charge in [-0.3, -0.25) is 0 Å². The molecule has 0 saturated heterocycles. The van der Waals surface area contributed by atoms with Crippen LogP contribution in [0.1, 0.15) is 0 Å². The van der Waals surface area contributed by atoms with Crippen LogP contribution in [-0.2, 0) is 9.84 Å². The Labute approximate surface area is 80.5 Å². The van der Waals surface area contributed by atoms with E-state index in [0.29, 0.717) is 5.39 Å². The molecule has 2 aromatic heterocycles. The lowest BCUT2D eigenvalue weighted by Gasteiger charge is -1.91. The van der Waals surface area contributed by atoms with Gasteiger partial charge in [0.2, 0.25) is 20.6 Å². The van der Waals surface area contributed by atoms with E-state index in [4.69, 9.17) is 10.2 Å². The number of aromatic nitrogens is 1. The molecule has 0 atom stereocenters. The number of hydrogen-bond donors (Lipinski definition) is 1. The Morgan fingerprint density at radius 2 is 2.21 bits per heavy atom. The van der Waals surface area contributed by atoms with Gasteiger partial charge >= 0.3 is 0 Å². The zero-order valence-electron chi connectivity index (χ0n) is 7.39. The van der Waals surface area contributed by atoms with Crippen LogP contribution in [0.2, 0.25) is 0 Å². The maximum Gasteiger partial charge on any atom is 0.243 e. The predicted molar refractivity (Wildman–Crippen MR) is 51.5 cm³/mol. The van der Waals surface area contributed by atoms with Gasteiger partial charge in [-0.15, -0.1) is 0 Å². The first-order chi connectivity index (χ1) is 6.50. The zero-order chi connectivity index (χ0) is 10.3. The Balaban J connectivity index is 2.89. The summed E-state index contributed by atoms with van der Waals surface area (Å²) in [6, 6.07) is 3.33. The van der Waals surface area contributed by atoms with Gasteiger partial charge in [0.05, 0.1) is 11.1 Å². The predicted octanol–water partition coefficient (Wildman–Crippen LogP) is 0.814. The summed E-state index contributed by atoms with van der Waals surface area (Å²) in [6.07, 6.45) is 2.55. The van der Waals surface area contributed by atoms with Crippen molar-refractivity contribution >= 4 is 26.6 Å². The van der Waals surface area contributed by atoms with Gasteiger partial charge in [0.25, 0.3) is 0 Å². The van der Waals surface area contributed by atoms with Crippen molar-refractivity contribution in [2.45, 2.75) is 5.09 Å². The van der Waals surface area contributed by atoms with Crippen molar-refractivity contribution in [3.05, 3.63) is 18.3 Å². The van der Waals surface area contributed by atoms with E-state index in [0.717, 1.165) is 6.26 Å².